The van der Waals surface area contributed by atoms with Gasteiger partial charge in [-0.15, -0.1) is 0 Å². The van der Waals surface area contributed by atoms with Crippen LogP contribution in [0.5, 0.6) is 0 Å². The fourth-order valence-electron chi connectivity index (χ4n) is 1.97. The number of hydrogen-bond acceptors (Lipinski definition) is 4. The highest BCUT2D eigenvalue weighted by Gasteiger charge is 2.06. The topological polar surface area (TPSA) is 41.1 Å². The molecule has 0 aliphatic carbocycles. The number of aryl methyl sites for hydroxylation is 1. The van der Waals surface area contributed by atoms with Crippen LogP contribution >= 0.6 is 0 Å². The van der Waals surface area contributed by atoms with Gasteiger partial charge in [-0.3, -0.25) is 0 Å². The molecular formula is C15H20N4. The van der Waals surface area contributed by atoms with Crippen LogP contribution < -0.4 is 10.2 Å². The minimum absolute atomic E-state index is 0.687. The van der Waals surface area contributed by atoms with Crippen LogP contribution in [-0.2, 0) is 13.1 Å². The first-order valence-corrected chi connectivity index (χ1v) is 6.43. The average molecular weight is 256 g/mol. The Morgan fingerprint density at radius 3 is 2.74 bits per heavy atom. The van der Waals surface area contributed by atoms with E-state index in [1.807, 2.05) is 19.3 Å². The van der Waals surface area contributed by atoms with E-state index in [4.69, 9.17) is 0 Å². The minimum atomic E-state index is 0.687. The Labute approximate surface area is 114 Å². The van der Waals surface area contributed by atoms with Crippen molar-refractivity contribution in [3.05, 3.63) is 53.5 Å². The van der Waals surface area contributed by atoms with Crippen molar-refractivity contribution in [2.24, 2.45) is 0 Å². The van der Waals surface area contributed by atoms with Crippen molar-refractivity contribution in [1.29, 1.82) is 0 Å². The Kier molecular flexibility index (Phi) is 4.47. The summed E-state index contributed by atoms with van der Waals surface area (Å²) in [6.45, 7) is 3.67. The Morgan fingerprint density at radius 2 is 2.00 bits per heavy atom. The number of nitrogens with one attached hydrogen (secondary N) is 1. The number of nitrogens with zero attached hydrogens (tertiary/aromatic N) is 3. The third-order valence-electron chi connectivity index (χ3n) is 3.09. The summed E-state index contributed by atoms with van der Waals surface area (Å²) in [5, 5.41) is 3.07. The molecule has 1 aromatic heterocycles. The van der Waals surface area contributed by atoms with Gasteiger partial charge in [0.25, 0.3) is 0 Å². The van der Waals surface area contributed by atoms with Gasteiger partial charge in [0.1, 0.15) is 11.6 Å². The summed E-state index contributed by atoms with van der Waals surface area (Å²) >= 11 is 0. The lowest BCUT2D eigenvalue weighted by Crippen LogP contribution is -2.20. The van der Waals surface area contributed by atoms with E-state index in [9.17, 15) is 0 Å². The zero-order valence-electron chi connectivity index (χ0n) is 11.7. The molecule has 2 rings (SSSR count). The Morgan fingerprint density at radius 1 is 1.21 bits per heavy atom. The lowest BCUT2D eigenvalue weighted by molar-refractivity contribution is 0.750. The summed E-state index contributed by atoms with van der Waals surface area (Å²) in [6, 6.07) is 10.4. The van der Waals surface area contributed by atoms with Crippen molar-refractivity contribution in [3.8, 4) is 0 Å². The molecule has 1 N–H and O–H groups in total. The van der Waals surface area contributed by atoms with Gasteiger partial charge in [0, 0.05) is 19.8 Å². The first-order chi connectivity index (χ1) is 9.20. The first kappa shape index (κ1) is 13.5. The maximum absolute atomic E-state index is 4.54. The summed E-state index contributed by atoms with van der Waals surface area (Å²) in [7, 11) is 3.95. The second-order valence-corrected chi connectivity index (χ2v) is 4.64. The van der Waals surface area contributed by atoms with E-state index < -0.39 is 0 Å². The molecule has 0 fully saturated rings. The number of aromatic nitrogens is 2. The molecule has 19 heavy (non-hydrogen) atoms. The third kappa shape index (κ3) is 3.51. The van der Waals surface area contributed by atoms with Crippen LogP contribution in [0.15, 0.2) is 36.5 Å². The normalized spacial score (nSPS) is 10.5. The molecular weight excluding hydrogens is 236 g/mol. The SMILES string of the molecule is CNCc1nccc(N(C)Cc2ccccc2C)n1. The summed E-state index contributed by atoms with van der Waals surface area (Å²) in [5.74, 6) is 1.76. The van der Waals surface area contributed by atoms with Gasteiger partial charge in [-0.1, -0.05) is 24.3 Å². The van der Waals surface area contributed by atoms with Gasteiger partial charge < -0.3 is 10.2 Å². The predicted molar refractivity (Wildman–Crippen MR) is 78.1 cm³/mol. The van der Waals surface area contributed by atoms with Gasteiger partial charge in [0.05, 0.1) is 6.54 Å². The molecule has 100 valence electrons. The number of benzene rings is 1. The van der Waals surface area contributed by atoms with Crippen molar-refractivity contribution in [1.82, 2.24) is 15.3 Å². The highest BCUT2D eigenvalue weighted by Crippen LogP contribution is 2.14. The number of hydrogen-bond donors (Lipinski definition) is 1. The van der Waals surface area contributed by atoms with Gasteiger partial charge in [0.2, 0.25) is 0 Å². The summed E-state index contributed by atoms with van der Waals surface area (Å²) in [4.78, 5) is 10.9. The highest BCUT2D eigenvalue weighted by atomic mass is 15.2. The van der Waals surface area contributed by atoms with Crippen LogP contribution in [0.2, 0.25) is 0 Å². The van der Waals surface area contributed by atoms with Crippen molar-refractivity contribution in [2.45, 2.75) is 20.0 Å². The van der Waals surface area contributed by atoms with Gasteiger partial charge in [0.15, 0.2) is 0 Å². The van der Waals surface area contributed by atoms with Crippen LogP contribution in [0.25, 0.3) is 0 Å². The van der Waals surface area contributed by atoms with Crippen LogP contribution in [0.4, 0.5) is 5.82 Å². The quantitative estimate of drug-likeness (QED) is 0.890. The van der Waals surface area contributed by atoms with Gasteiger partial charge in [-0.2, -0.15) is 0 Å². The second-order valence-electron chi connectivity index (χ2n) is 4.64. The zero-order valence-corrected chi connectivity index (χ0v) is 11.7. The Balaban J connectivity index is 2.13. The summed E-state index contributed by atoms with van der Waals surface area (Å²) < 4.78 is 0. The lowest BCUT2D eigenvalue weighted by atomic mass is 10.1. The largest absolute Gasteiger partial charge is 0.355 e. The first-order valence-electron chi connectivity index (χ1n) is 6.43. The van der Waals surface area contributed by atoms with Gasteiger partial charge in [-0.05, 0) is 31.2 Å². The van der Waals surface area contributed by atoms with E-state index >= 15 is 0 Å². The van der Waals surface area contributed by atoms with Crippen LogP contribution in [-0.4, -0.2) is 24.1 Å². The van der Waals surface area contributed by atoms with E-state index in [1.165, 1.54) is 11.1 Å². The molecule has 1 heterocycles. The maximum atomic E-state index is 4.54. The van der Waals surface area contributed by atoms with E-state index in [-0.39, 0.29) is 0 Å². The molecule has 0 aliphatic rings. The highest BCUT2D eigenvalue weighted by molar-refractivity contribution is 5.39. The molecule has 0 amide bonds. The van der Waals surface area contributed by atoms with Crippen LogP contribution in [0, 0.1) is 6.92 Å². The Bertz CT molecular complexity index is 539. The molecule has 0 unspecified atom stereocenters. The van der Waals surface area contributed by atoms with Crippen molar-refractivity contribution in [2.75, 3.05) is 19.0 Å². The fraction of sp³-hybridized carbons (Fsp3) is 0.333. The number of rotatable bonds is 5. The molecule has 0 atom stereocenters. The van der Waals surface area contributed by atoms with E-state index in [1.54, 1.807) is 0 Å². The summed E-state index contributed by atoms with van der Waals surface area (Å²) in [6.07, 6.45) is 1.81. The minimum Gasteiger partial charge on any atom is -0.355 e. The van der Waals surface area contributed by atoms with Crippen molar-refractivity contribution in [3.63, 3.8) is 0 Å². The van der Waals surface area contributed by atoms with Crippen LogP contribution in [0.1, 0.15) is 17.0 Å². The van der Waals surface area contributed by atoms with E-state index in [0.29, 0.717) is 6.54 Å². The molecule has 0 radical (unpaired) electrons. The van der Waals surface area contributed by atoms with Gasteiger partial charge in [-0.25, -0.2) is 9.97 Å². The second kappa shape index (κ2) is 6.29. The molecule has 4 nitrogen and oxygen atoms in total. The predicted octanol–water partition coefficient (Wildman–Crippen LogP) is 2.14. The third-order valence-corrected chi connectivity index (χ3v) is 3.09. The molecule has 0 saturated carbocycles. The average Bonchev–Trinajstić information content (AvgIpc) is 2.42. The zero-order chi connectivity index (χ0) is 13.7. The molecule has 2 aromatic rings. The van der Waals surface area contributed by atoms with E-state index in [0.717, 1.165) is 18.2 Å². The van der Waals surface area contributed by atoms with Crippen molar-refractivity contribution < 1.29 is 0 Å². The molecule has 1 aromatic carbocycles. The molecule has 0 bridgehead atoms. The van der Waals surface area contributed by atoms with Crippen LogP contribution in [0.3, 0.4) is 0 Å². The Hall–Kier alpha value is -1.94. The monoisotopic (exact) mass is 256 g/mol. The summed E-state index contributed by atoms with van der Waals surface area (Å²) in [5.41, 5.74) is 2.62. The fourth-order valence-corrected chi connectivity index (χ4v) is 1.97. The number of anilines is 1. The van der Waals surface area contributed by atoms with Gasteiger partial charge >= 0.3 is 0 Å². The smallest absolute Gasteiger partial charge is 0.144 e. The molecule has 0 aliphatic heterocycles. The molecule has 0 saturated heterocycles. The lowest BCUT2D eigenvalue weighted by Gasteiger charge is -2.19. The van der Waals surface area contributed by atoms with E-state index in [2.05, 4.69) is 58.4 Å². The molecule has 0 spiro atoms. The maximum Gasteiger partial charge on any atom is 0.144 e. The standard InChI is InChI=1S/C15H20N4/c1-12-6-4-5-7-13(12)11-19(3)15-8-9-17-14(18-15)10-16-2/h4-9,16H,10-11H2,1-3H3. The van der Waals surface area contributed by atoms with Crippen molar-refractivity contribution >= 4 is 5.82 Å². The molecule has 4 heteroatoms.